The Kier molecular flexibility index (Phi) is 6.40. The number of hydrogen-bond donors (Lipinski definition) is 2. The smallest absolute Gasteiger partial charge is 0.243 e. The number of aromatic amines is 1. The van der Waals surface area contributed by atoms with E-state index in [1.165, 1.54) is 5.56 Å². The summed E-state index contributed by atoms with van der Waals surface area (Å²) in [6, 6.07) is 16.0. The van der Waals surface area contributed by atoms with E-state index in [0.717, 1.165) is 59.1 Å². The molecule has 0 aliphatic carbocycles. The van der Waals surface area contributed by atoms with Gasteiger partial charge in [-0.05, 0) is 74.7 Å². The number of halogens is 1. The topological polar surface area (TPSA) is 74.5 Å². The van der Waals surface area contributed by atoms with Crippen LogP contribution in [0.5, 0.6) is 5.75 Å². The zero-order chi connectivity index (χ0) is 22.8. The Hall–Kier alpha value is -2.80. The molecule has 1 fully saturated rings. The van der Waals surface area contributed by atoms with Crippen LogP contribution in [-0.2, 0) is 0 Å². The Morgan fingerprint density at radius 3 is 2.73 bits per heavy atom. The van der Waals surface area contributed by atoms with Crippen LogP contribution in [-0.4, -0.2) is 52.3 Å². The van der Waals surface area contributed by atoms with Crippen LogP contribution >= 0.6 is 11.6 Å². The average Bonchev–Trinajstić information content (AvgIpc) is 3.45. The summed E-state index contributed by atoms with van der Waals surface area (Å²) in [5, 5.41) is 12.3. The molecule has 33 heavy (non-hydrogen) atoms. The predicted octanol–water partition coefficient (Wildman–Crippen LogP) is 5.40. The fraction of sp³-hybridized carbons (Fsp3) is 0.346. The van der Waals surface area contributed by atoms with Gasteiger partial charge in [0.1, 0.15) is 29.9 Å². The average molecular weight is 466 g/mol. The summed E-state index contributed by atoms with van der Waals surface area (Å²) < 4.78 is 11.6. The van der Waals surface area contributed by atoms with E-state index in [9.17, 15) is 5.11 Å². The summed E-state index contributed by atoms with van der Waals surface area (Å²) >= 11 is 6.01. The Balaban J connectivity index is 1.16. The van der Waals surface area contributed by atoms with Crippen LogP contribution < -0.4 is 4.74 Å². The Morgan fingerprint density at radius 2 is 2.00 bits per heavy atom. The fourth-order valence-corrected chi connectivity index (χ4v) is 4.69. The van der Waals surface area contributed by atoms with Crippen molar-refractivity contribution in [2.75, 3.05) is 26.2 Å². The van der Waals surface area contributed by atoms with Gasteiger partial charge < -0.3 is 24.1 Å². The van der Waals surface area contributed by atoms with E-state index in [1.54, 1.807) is 6.20 Å². The maximum atomic E-state index is 10.6. The number of aromatic nitrogens is 2. The van der Waals surface area contributed by atoms with Crippen molar-refractivity contribution in [2.45, 2.75) is 31.8 Å². The van der Waals surface area contributed by atoms with Crippen molar-refractivity contribution in [3.63, 3.8) is 0 Å². The second-order valence-corrected chi connectivity index (χ2v) is 9.20. The number of H-pyrrole nitrogens is 1. The molecule has 0 saturated carbocycles. The molecule has 0 spiro atoms. The molecule has 3 heterocycles. The highest BCUT2D eigenvalue weighted by Gasteiger charge is 2.22. The molecule has 0 amide bonds. The first-order chi connectivity index (χ1) is 16.0. The molecule has 5 rings (SSSR count). The van der Waals surface area contributed by atoms with Crippen LogP contribution in [0.25, 0.3) is 22.5 Å². The molecule has 0 bridgehead atoms. The van der Waals surface area contributed by atoms with Gasteiger partial charge in [0, 0.05) is 22.5 Å². The minimum atomic E-state index is -0.555. The summed E-state index contributed by atoms with van der Waals surface area (Å²) in [6.45, 7) is 4.66. The van der Waals surface area contributed by atoms with Crippen LogP contribution in [0.15, 0.2) is 59.1 Å². The van der Waals surface area contributed by atoms with Crippen LogP contribution in [0.2, 0.25) is 5.02 Å². The lowest BCUT2D eigenvalue weighted by Gasteiger charge is -2.33. The molecule has 7 heteroatoms. The van der Waals surface area contributed by atoms with Gasteiger partial charge in [-0.3, -0.25) is 0 Å². The highest BCUT2D eigenvalue weighted by Crippen LogP contribution is 2.31. The summed E-state index contributed by atoms with van der Waals surface area (Å²) in [7, 11) is 0. The molecule has 1 atom stereocenters. The van der Waals surface area contributed by atoms with Crippen molar-refractivity contribution < 1.29 is 14.3 Å². The monoisotopic (exact) mass is 465 g/mol. The van der Waals surface area contributed by atoms with Gasteiger partial charge in [-0.2, -0.15) is 0 Å². The quantitative estimate of drug-likeness (QED) is 0.382. The zero-order valence-electron chi connectivity index (χ0n) is 18.6. The van der Waals surface area contributed by atoms with Crippen molar-refractivity contribution in [1.82, 2.24) is 14.9 Å². The van der Waals surface area contributed by atoms with Gasteiger partial charge in [-0.25, -0.2) is 4.98 Å². The molecule has 1 saturated heterocycles. The molecule has 4 aromatic rings. The number of ether oxygens (including phenoxy) is 1. The van der Waals surface area contributed by atoms with Crippen LogP contribution in [0.3, 0.4) is 0 Å². The number of aryl methyl sites for hydroxylation is 1. The van der Waals surface area contributed by atoms with E-state index in [2.05, 4.69) is 27.0 Å². The second-order valence-electron chi connectivity index (χ2n) is 8.77. The Labute approximate surface area is 198 Å². The number of likely N-dealkylation sites (tertiary alicyclic amines) is 1. The van der Waals surface area contributed by atoms with Gasteiger partial charge in [0.25, 0.3) is 0 Å². The minimum absolute atomic E-state index is 0.245. The molecule has 2 aromatic carbocycles. The Bertz CT molecular complexity index is 1210. The van der Waals surface area contributed by atoms with Crippen LogP contribution in [0.4, 0.5) is 0 Å². The van der Waals surface area contributed by atoms with E-state index in [4.69, 9.17) is 20.8 Å². The van der Waals surface area contributed by atoms with E-state index in [0.29, 0.717) is 18.4 Å². The number of fused-ring (bicyclic) bond motifs is 1. The number of aliphatic hydroxyl groups is 1. The fourth-order valence-electron chi connectivity index (χ4n) is 4.57. The minimum Gasteiger partial charge on any atom is -0.490 e. The molecule has 6 nitrogen and oxygen atoms in total. The summed E-state index contributed by atoms with van der Waals surface area (Å²) in [6.07, 6.45) is 3.31. The van der Waals surface area contributed by atoms with Gasteiger partial charge in [0.2, 0.25) is 5.89 Å². The number of rotatable bonds is 7. The summed E-state index contributed by atoms with van der Waals surface area (Å²) in [4.78, 5) is 9.93. The maximum absolute atomic E-state index is 10.6. The lowest BCUT2D eigenvalue weighted by atomic mass is 9.89. The maximum Gasteiger partial charge on any atom is 0.243 e. The number of piperidine rings is 1. The summed E-state index contributed by atoms with van der Waals surface area (Å²) in [5.41, 5.74) is 3.09. The highest BCUT2D eigenvalue weighted by molar-refractivity contribution is 6.30. The molecule has 1 unspecified atom stereocenters. The first-order valence-electron chi connectivity index (χ1n) is 11.4. The Morgan fingerprint density at radius 1 is 1.21 bits per heavy atom. The second kappa shape index (κ2) is 9.59. The van der Waals surface area contributed by atoms with Crippen LogP contribution in [0, 0.1) is 6.92 Å². The van der Waals surface area contributed by atoms with Gasteiger partial charge in [-0.1, -0.05) is 29.8 Å². The molecule has 2 N–H and O–H groups in total. The standard InChI is InChI=1S/C26H28ClN3O3/c1-17-14-28-26(33-17)24-13-22-23(29-24)3-2-4-25(22)32-16-21(31)15-30-11-9-19(10-12-30)18-5-7-20(27)8-6-18/h2-8,13-14,19,21,29,31H,9-12,15-16H2,1H3. The van der Waals surface area contributed by atoms with E-state index < -0.39 is 6.10 Å². The molecule has 172 valence electrons. The highest BCUT2D eigenvalue weighted by atomic mass is 35.5. The van der Waals surface area contributed by atoms with Crippen molar-refractivity contribution in [1.29, 1.82) is 0 Å². The molecule has 0 radical (unpaired) electrons. The number of hydrogen-bond acceptors (Lipinski definition) is 5. The SMILES string of the molecule is Cc1cnc(-c2cc3c(OCC(O)CN4CCC(c5ccc(Cl)cc5)CC4)cccc3[nH]2)o1. The number of β-amino-alcohol motifs (C(OH)–C–C–N with tert-alkyl or cyclic N) is 1. The molecule has 1 aliphatic rings. The predicted molar refractivity (Wildman–Crippen MR) is 130 cm³/mol. The van der Waals surface area contributed by atoms with Gasteiger partial charge in [-0.15, -0.1) is 0 Å². The molecule has 1 aliphatic heterocycles. The summed E-state index contributed by atoms with van der Waals surface area (Å²) in [5.74, 6) is 2.61. The molecule has 2 aromatic heterocycles. The van der Waals surface area contributed by atoms with E-state index >= 15 is 0 Å². The van der Waals surface area contributed by atoms with E-state index in [-0.39, 0.29) is 6.61 Å². The first-order valence-corrected chi connectivity index (χ1v) is 11.8. The third-order valence-electron chi connectivity index (χ3n) is 6.30. The third kappa shape index (κ3) is 5.08. The molecular weight excluding hydrogens is 438 g/mol. The number of nitrogens with zero attached hydrogens (tertiary/aromatic N) is 2. The van der Waals surface area contributed by atoms with Crippen LogP contribution in [0.1, 0.15) is 30.1 Å². The van der Waals surface area contributed by atoms with Crippen molar-refractivity contribution >= 4 is 22.5 Å². The van der Waals surface area contributed by atoms with Crippen molar-refractivity contribution in [3.05, 3.63) is 71.1 Å². The lowest BCUT2D eigenvalue weighted by Crippen LogP contribution is -2.40. The number of nitrogens with one attached hydrogen (secondary N) is 1. The third-order valence-corrected chi connectivity index (χ3v) is 6.56. The number of aliphatic hydroxyl groups excluding tert-OH is 1. The molecular formula is C26H28ClN3O3. The van der Waals surface area contributed by atoms with Gasteiger partial charge in [0.15, 0.2) is 0 Å². The lowest BCUT2D eigenvalue weighted by molar-refractivity contribution is 0.0599. The van der Waals surface area contributed by atoms with Gasteiger partial charge in [0.05, 0.1) is 6.20 Å². The number of oxazole rings is 1. The van der Waals surface area contributed by atoms with E-state index in [1.807, 2.05) is 43.3 Å². The van der Waals surface area contributed by atoms with Crippen molar-refractivity contribution in [2.24, 2.45) is 0 Å². The first kappa shape index (κ1) is 22.0. The zero-order valence-corrected chi connectivity index (χ0v) is 19.4. The number of benzene rings is 2. The largest absolute Gasteiger partial charge is 0.490 e. The normalized spacial score (nSPS) is 16.3. The van der Waals surface area contributed by atoms with Crippen molar-refractivity contribution in [3.8, 4) is 17.3 Å². The van der Waals surface area contributed by atoms with Gasteiger partial charge >= 0.3 is 0 Å².